The van der Waals surface area contributed by atoms with Crippen LogP contribution >= 0.6 is 94.8 Å². The number of ether oxygens (including phenoxy) is 5. The SMILES string of the molecule is CC(=O)[C@H](C)CP(=O)(OC[C@H]1O[C@@](C#N)(c2ccc3c(N)ncnn23)C(F)(Br)[C@H]1O)Oc1ccccc1.CC(=O)[C@H](C)CP(=O)(OC[C@H]1O[C@@](C#N)(c2cnc3c(N)ncnn23)C(F)(Br)[C@H]1O)Oc1ccccc1.N#C[C@@]1(c2ccc3c(N)nc(N)nn23)O[C@H](CO)[C@H](O)C1(F)Br.N#C[C@@]1(c2ccc3c(N)ncnn23)O[C@H](CO)[C@H](O)C1(F)Br.N#C[C@@]1(c2cnc3c(N)ncnn23)O[C@H](CO)[C@H](O)C1(F)Br. The molecular formula is C80H80Br5F5N28O21P2. The number of carbonyl (C=O) groups excluding carboxylic acids is 2. The molecule has 49 nitrogen and oxygen atoms in total. The van der Waals surface area contributed by atoms with Gasteiger partial charge in [-0.2, -0.15) is 51.7 Å². The predicted molar refractivity (Wildman–Crippen MR) is 494 cm³/mol. The fraction of sp³-hybridized carbons (Fsp3) is 0.412. The molecular weight excluding hydrogens is 2250 g/mol. The number of nitriles is 5. The molecule has 5 aliphatic heterocycles. The average Bonchev–Trinajstić information content (AvgIpc) is 1.57. The van der Waals surface area contributed by atoms with Crippen molar-refractivity contribution >= 4 is 169 Å². The molecule has 10 aromatic heterocycles. The lowest BCUT2D eigenvalue weighted by Crippen LogP contribution is -2.46. The number of anilines is 6. The topological polar surface area (TPSA) is 765 Å². The third-order valence-corrected chi connectivity index (χ3v) is 32.3. The monoisotopic (exact) mass is 2320 g/mol. The zero-order chi connectivity index (χ0) is 103. The van der Waals surface area contributed by atoms with Crippen LogP contribution < -0.4 is 43.4 Å². The summed E-state index contributed by atoms with van der Waals surface area (Å²) in [5, 5.41) is 148. The number of imidazole rings is 2. The minimum Gasteiger partial charge on any atom is -0.424 e. The minimum absolute atomic E-state index is 0.0217. The van der Waals surface area contributed by atoms with Gasteiger partial charge in [-0.05, 0) is 154 Å². The van der Waals surface area contributed by atoms with E-state index in [9.17, 15) is 85.9 Å². The van der Waals surface area contributed by atoms with Gasteiger partial charge >= 0.3 is 15.2 Å². The standard InChI is InChI=1S/C23H24BrFN5O6P.C22H23BrFN6O6P.C12H12BrFN6O3.C12H11BrFN5O3.C11H10BrFN6O3/c1-14(15(2)31)11-37(33,36-16-6-4-3-5-7-16)34-10-18-20(32)23(24,25)22(12-26,35-18)19-9-8-17-21(27)28-13-29-30(17)19;1-13(14(2)31)10-37(33,36-15-6-4-3-5-7-15)34-9-16-18(32)22(23,24)21(11-25,35-16)17-8-27-20-19(26)28-12-29-30(17)20;13-12(14)8(22)6(3-21)23-11(12,4-15)7-2-1-5-9(16)18-10(17)19-20(5)7;13-12(14)9(21)7(3-20)22-11(12,4-15)8-2-1-6-10(16)17-5-18-19(6)8;12-11(13)7(21)5(2-20)22-10(11,3-14)6-1-16-9-8(15)17-4-18-19(6)9/h3-9,13-14,18,20,32H,10-11H2,1-2H3,(H2,27,28,29);3-8,12-13,16,18,32H,9-10H2,1-2H3,(H2,26,28,29);1-2,6,8,21-22H,3H2,(H4,16,17,18,19);1-2,5,7,9,20-21H,3H2,(H2,16,17,18);1,4-5,7,20-21H,2H2,(H2,15,17,18)/t14-,18-,20+,22+,23?,37?;13-,16-,18+,21+,22?,37?;6-,8+,11+,12?;7-,9+,11+,12?;5-,7+,10+,11?/m11111/s1. The van der Waals surface area contributed by atoms with E-state index >= 15 is 22.0 Å². The first-order valence-corrected chi connectivity index (χ1v) is 48.4. The van der Waals surface area contributed by atoms with E-state index in [2.05, 4.69) is 140 Å². The second-order valence-electron chi connectivity index (χ2n) is 31.9. The second-order valence-corrected chi connectivity index (χ2v) is 41.7. The summed E-state index contributed by atoms with van der Waals surface area (Å²) in [6.07, 6.45) is -9.80. The van der Waals surface area contributed by atoms with Crippen LogP contribution in [0.15, 0.2) is 135 Å². The van der Waals surface area contributed by atoms with Crippen LogP contribution in [0, 0.1) is 68.5 Å². The molecule has 20 N–H and O–H groups in total. The van der Waals surface area contributed by atoms with Gasteiger partial charge in [-0.25, -0.2) is 83.6 Å². The van der Waals surface area contributed by atoms with Gasteiger partial charge in [0, 0.05) is 11.8 Å². The largest absolute Gasteiger partial charge is 0.424 e. The lowest BCUT2D eigenvalue weighted by Gasteiger charge is -2.29. The zero-order valence-electron chi connectivity index (χ0n) is 72.9. The van der Waals surface area contributed by atoms with E-state index in [1.165, 1.54) is 59.3 Å². The molecule has 61 heteroatoms. The fourth-order valence-electron chi connectivity index (χ4n) is 15.4. The molecule has 746 valence electrons. The van der Waals surface area contributed by atoms with E-state index in [0.717, 1.165) is 51.2 Å². The molecule has 12 aromatic rings. The van der Waals surface area contributed by atoms with E-state index in [1.54, 1.807) is 105 Å². The average molecular weight is 2330 g/mol. The first-order chi connectivity index (χ1) is 66.4. The van der Waals surface area contributed by atoms with Crippen LogP contribution in [0.2, 0.25) is 0 Å². The van der Waals surface area contributed by atoms with Crippen molar-refractivity contribution < 1.29 is 123 Å². The van der Waals surface area contributed by atoms with Crippen molar-refractivity contribution in [2.24, 2.45) is 11.8 Å². The maximum Gasteiger partial charge on any atom is 0.379 e. The molecule has 7 unspecified atom stereocenters. The first kappa shape index (κ1) is 107. The van der Waals surface area contributed by atoms with Crippen molar-refractivity contribution in [2.45, 2.75) is 140 Å². The highest BCUT2D eigenvalue weighted by molar-refractivity contribution is 9.10. The number of fused-ring (bicyclic) bond motifs is 5. The zero-order valence-corrected chi connectivity index (χ0v) is 82.7. The Morgan fingerprint density at radius 2 is 0.695 bits per heavy atom. The lowest BCUT2D eigenvalue weighted by atomic mass is 9.93. The van der Waals surface area contributed by atoms with Gasteiger partial charge in [0.1, 0.15) is 168 Å². The highest BCUT2D eigenvalue weighted by Gasteiger charge is 2.74. The molecule has 5 saturated heterocycles. The molecule has 2 aromatic carbocycles. The number of Topliss-reactive ketones (excluding diaryl/α,β-unsaturated/α-hetero) is 2. The fourth-order valence-corrected chi connectivity index (χ4v) is 22.7. The Labute approximate surface area is 832 Å². The molecule has 17 rings (SSSR count). The van der Waals surface area contributed by atoms with E-state index in [-0.39, 0.29) is 116 Å². The van der Waals surface area contributed by atoms with Gasteiger partial charge < -0.3 is 108 Å². The van der Waals surface area contributed by atoms with Gasteiger partial charge in [0.2, 0.25) is 56.8 Å². The van der Waals surface area contributed by atoms with Crippen molar-refractivity contribution in [1.29, 1.82) is 26.3 Å². The maximum absolute atomic E-state index is 16.1. The number of aliphatic hydroxyl groups is 8. The molecule has 0 aliphatic carbocycles. The van der Waals surface area contributed by atoms with Crippen LogP contribution in [0.1, 0.15) is 56.2 Å². The van der Waals surface area contributed by atoms with Crippen molar-refractivity contribution in [3.63, 3.8) is 0 Å². The second kappa shape index (κ2) is 40.7. The van der Waals surface area contributed by atoms with Crippen LogP contribution in [-0.4, -0.2) is 265 Å². The Bertz CT molecular complexity index is 6710. The Hall–Kier alpha value is -11.5. The summed E-state index contributed by atoms with van der Waals surface area (Å²) in [5.74, 6) is -1.26. The molecule has 24 atom stereocenters. The number of carbonyl (C=O) groups is 2. The van der Waals surface area contributed by atoms with E-state index in [1.807, 2.05) is 0 Å². The Morgan fingerprint density at radius 3 is 0.993 bits per heavy atom. The normalized spacial score (nSPS) is 31.0. The molecule has 0 amide bonds. The number of rotatable bonds is 24. The third-order valence-electron chi connectivity index (χ3n) is 23.1. The Balaban J connectivity index is 0.000000151. The molecule has 5 aliphatic rings. The Morgan fingerprint density at radius 1 is 0.418 bits per heavy atom. The lowest BCUT2D eigenvalue weighted by molar-refractivity contribution is -0.120. The van der Waals surface area contributed by atoms with Crippen LogP contribution in [0.3, 0.4) is 0 Å². The summed E-state index contributed by atoms with van der Waals surface area (Å²) in [4.78, 5) is 50.7. The van der Waals surface area contributed by atoms with Crippen LogP contribution in [0.4, 0.5) is 57.0 Å². The van der Waals surface area contributed by atoms with Gasteiger partial charge in [0.05, 0.1) is 74.8 Å². The smallest absolute Gasteiger partial charge is 0.379 e. The number of aliphatic hydroxyl groups excluding tert-OH is 8. The number of halogens is 10. The van der Waals surface area contributed by atoms with E-state index in [4.69, 9.17) is 76.2 Å². The third kappa shape index (κ3) is 18.6. The summed E-state index contributed by atoms with van der Waals surface area (Å²) in [5.41, 5.74) is 23.4. The number of nitrogens with zero attached hydrogens (tertiary/aromatic N) is 22. The number of benzene rings is 2. The quantitative estimate of drug-likeness (QED) is 0.0223. The number of ketones is 2. The molecule has 0 radical (unpaired) electrons. The van der Waals surface area contributed by atoms with Gasteiger partial charge in [0.15, 0.2) is 40.4 Å². The summed E-state index contributed by atoms with van der Waals surface area (Å²) >= 11 is 13.8. The van der Waals surface area contributed by atoms with Crippen molar-refractivity contribution in [2.75, 3.05) is 79.8 Å². The number of aromatic nitrogens is 17. The number of nitrogen functional groups attached to an aromatic ring is 6. The summed E-state index contributed by atoms with van der Waals surface area (Å²) < 4.78 is 147. The van der Waals surface area contributed by atoms with Gasteiger partial charge in [0.25, 0.3) is 0 Å². The van der Waals surface area contributed by atoms with Crippen molar-refractivity contribution in [3.05, 3.63) is 163 Å². The van der Waals surface area contributed by atoms with Crippen LogP contribution in [-0.2, 0) is 79.5 Å². The van der Waals surface area contributed by atoms with Crippen molar-refractivity contribution in [1.82, 2.24) is 83.0 Å². The van der Waals surface area contributed by atoms with Crippen LogP contribution in [0.5, 0.6) is 11.5 Å². The number of alkyl halides is 10. The maximum atomic E-state index is 16.1. The number of para-hydroxylation sites is 2. The summed E-state index contributed by atoms with van der Waals surface area (Å²) in [6.45, 7) is 2.59. The summed E-state index contributed by atoms with van der Waals surface area (Å²) in [6, 6.07) is 33.7. The summed E-state index contributed by atoms with van der Waals surface area (Å²) in [7, 11) is -8.02. The van der Waals surface area contributed by atoms with Gasteiger partial charge in [-0.3, -0.25) is 18.6 Å². The molecule has 0 bridgehead atoms. The highest BCUT2D eigenvalue weighted by Crippen LogP contribution is 2.61. The predicted octanol–water partition coefficient (Wildman–Crippen LogP) is 4.63. The number of hydrogen-bond donors (Lipinski definition) is 14. The highest BCUT2D eigenvalue weighted by atomic mass is 79.9. The molecule has 5 fully saturated rings. The van der Waals surface area contributed by atoms with E-state index in [0.29, 0.717) is 11.0 Å². The van der Waals surface area contributed by atoms with Crippen molar-refractivity contribution in [3.8, 4) is 41.8 Å². The minimum atomic E-state index is -4.02. The Kier molecular flexibility index (Phi) is 30.8. The molecule has 0 spiro atoms. The molecule has 0 saturated carbocycles. The van der Waals surface area contributed by atoms with E-state index < -0.39 is 172 Å². The van der Waals surface area contributed by atoms with Gasteiger partial charge in [-0.15, -0.1) is 5.10 Å². The first-order valence-electron chi connectivity index (χ1n) is 41.0. The number of hydrogen-bond acceptors (Lipinski definition) is 44. The van der Waals surface area contributed by atoms with Gasteiger partial charge in [-0.1, -0.05) is 50.2 Å². The van der Waals surface area contributed by atoms with Crippen LogP contribution in [0.25, 0.3) is 27.8 Å². The molecule has 141 heavy (non-hydrogen) atoms. The molecule has 15 heterocycles. The number of nitrogens with two attached hydrogens (primary N) is 6.